The summed E-state index contributed by atoms with van der Waals surface area (Å²) in [5.74, 6) is 0. The van der Waals surface area contributed by atoms with Gasteiger partial charge in [-0.1, -0.05) is 12.8 Å². The SMILES string of the molecule is CN1CN(C)C2CCCCC21.CN1CN(C)C2COCC21. The molecule has 3 heterocycles. The number of hydrogen-bond acceptors (Lipinski definition) is 5. The molecule has 4 unspecified atom stereocenters. The highest BCUT2D eigenvalue weighted by Crippen LogP contribution is 2.30. The third kappa shape index (κ3) is 3.13. The fourth-order valence-corrected chi connectivity index (χ4v) is 4.62. The summed E-state index contributed by atoms with van der Waals surface area (Å²) in [7, 11) is 8.84. The first-order valence-electron chi connectivity index (χ1n) is 8.46. The molecule has 0 N–H and O–H groups in total. The Balaban J connectivity index is 0.000000126. The fourth-order valence-electron chi connectivity index (χ4n) is 4.62. The summed E-state index contributed by atoms with van der Waals surface area (Å²) in [4.78, 5) is 9.73. The van der Waals surface area contributed by atoms with Crippen molar-refractivity contribution in [2.45, 2.75) is 49.9 Å². The zero-order valence-electron chi connectivity index (χ0n) is 14.2. The second-order valence-corrected chi connectivity index (χ2v) is 7.40. The van der Waals surface area contributed by atoms with Crippen LogP contribution in [0.25, 0.3) is 0 Å². The lowest BCUT2D eigenvalue weighted by molar-refractivity contribution is 0.127. The van der Waals surface area contributed by atoms with E-state index in [-0.39, 0.29) is 0 Å². The zero-order valence-corrected chi connectivity index (χ0v) is 14.2. The van der Waals surface area contributed by atoms with E-state index in [2.05, 4.69) is 47.8 Å². The summed E-state index contributed by atoms with van der Waals surface area (Å²) in [6.45, 7) is 4.12. The molecule has 4 fully saturated rings. The van der Waals surface area contributed by atoms with Crippen LogP contribution in [0.4, 0.5) is 0 Å². The first-order chi connectivity index (χ1) is 10.1. The molecule has 1 aliphatic carbocycles. The van der Waals surface area contributed by atoms with Gasteiger partial charge in [-0.05, 0) is 41.0 Å². The van der Waals surface area contributed by atoms with E-state index in [0.717, 1.165) is 32.0 Å². The topological polar surface area (TPSA) is 22.2 Å². The average Bonchev–Trinajstić information content (AvgIpc) is 3.12. The van der Waals surface area contributed by atoms with Crippen molar-refractivity contribution in [1.82, 2.24) is 19.6 Å². The number of nitrogens with zero attached hydrogens (tertiary/aromatic N) is 4. The highest BCUT2D eigenvalue weighted by molar-refractivity contribution is 4.93. The molecule has 0 spiro atoms. The quantitative estimate of drug-likeness (QED) is 0.655. The Bertz CT molecular complexity index is 323. The van der Waals surface area contributed by atoms with Gasteiger partial charge in [0.15, 0.2) is 0 Å². The Labute approximate surface area is 129 Å². The van der Waals surface area contributed by atoms with E-state index in [9.17, 15) is 0 Å². The Morgan fingerprint density at radius 1 is 0.619 bits per heavy atom. The highest BCUT2D eigenvalue weighted by atomic mass is 16.5. The van der Waals surface area contributed by atoms with E-state index in [1.54, 1.807) is 0 Å². The van der Waals surface area contributed by atoms with E-state index < -0.39 is 0 Å². The lowest BCUT2D eigenvalue weighted by atomic mass is 9.91. The van der Waals surface area contributed by atoms with Crippen molar-refractivity contribution in [2.24, 2.45) is 0 Å². The minimum Gasteiger partial charge on any atom is -0.378 e. The molecule has 0 aromatic rings. The van der Waals surface area contributed by atoms with Gasteiger partial charge in [0.25, 0.3) is 0 Å². The van der Waals surface area contributed by atoms with Crippen molar-refractivity contribution >= 4 is 0 Å². The van der Waals surface area contributed by atoms with Crippen molar-refractivity contribution in [1.29, 1.82) is 0 Å². The zero-order chi connectivity index (χ0) is 15.0. The lowest BCUT2D eigenvalue weighted by Crippen LogP contribution is -2.37. The maximum absolute atomic E-state index is 5.37. The molecule has 0 radical (unpaired) electrons. The molecule has 0 bridgehead atoms. The summed E-state index contributed by atoms with van der Waals surface area (Å²) in [5.41, 5.74) is 0. The smallest absolute Gasteiger partial charge is 0.0639 e. The van der Waals surface area contributed by atoms with Crippen molar-refractivity contribution in [2.75, 3.05) is 54.7 Å². The Morgan fingerprint density at radius 2 is 1.00 bits per heavy atom. The molecule has 4 atom stereocenters. The molecule has 4 aliphatic rings. The van der Waals surface area contributed by atoms with Crippen LogP contribution in [0.15, 0.2) is 0 Å². The fraction of sp³-hybridized carbons (Fsp3) is 1.00. The van der Waals surface area contributed by atoms with E-state index in [0.29, 0.717) is 12.1 Å². The monoisotopic (exact) mass is 296 g/mol. The van der Waals surface area contributed by atoms with Crippen LogP contribution >= 0.6 is 0 Å². The van der Waals surface area contributed by atoms with Gasteiger partial charge < -0.3 is 4.74 Å². The summed E-state index contributed by atoms with van der Waals surface area (Å²) in [6.07, 6.45) is 5.73. The summed E-state index contributed by atoms with van der Waals surface area (Å²) in [6, 6.07) is 3.05. The molecule has 4 rings (SSSR count). The van der Waals surface area contributed by atoms with Crippen LogP contribution in [0, 0.1) is 0 Å². The van der Waals surface area contributed by atoms with Gasteiger partial charge in [0.05, 0.1) is 38.6 Å². The number of likely N-dealkylation sites (N-methyl/N-ethyl adjacent to an activating group) is 4. The molecule has 3 saturated heterocycles. The van der Waals surface area contributed by atoms with E-state index in [1.165, 1.54) is 32.4 Å². The van der Waals surface area contributed by atoms with E-state index in [4.69, 9.17) is 4.74 Å². The van der Waals surface area contributed by atoms with Crippen LogP contribution in [-0.2, 0) is 4.74 Å². The third-order valence-corrected chi connectivity index (χ3v) is 5.87. The van der Waals surface area contributed by atoms with Gasteiger partial charge in [0, 0.05) is 12.1 Å². The summed E-state index contributed by atoms with van der Waals surface area (Å²) in [5, 5.41) is 0. The Morgan fingerprint density at radius 3 is 1.43 bits per heavy atom. The van der Waals surface area contributed by atoms with Crippen molar-refractivity contribution in [3.63, 3.8) is 0 Å². The molecule has 122 valence electrons. The summed E-state index contributed by atoms with van der Waals surface area (Å²) < 4.78 is 5.37. The van der Waals surface area contributed by atoms with Crippen molar-refractivity contribution < 1.29 is 4.74 Å². The molecule has 0 aromatic carbocycles. The molecule has 3 aliphatic heterocycles. The molecule has 1 saturated carbocycles. The normalized spacial score (nSPS) is 41.7. The van der Waals surface area contributed by atoms with Gasteiger partial charge in [-0.15, -0.1) is 0 Å². The predicted octanol–water partition coefficient (Wildman–Crippen LogP) is 0.721. The Hall–Kier alpha value is -0.200. The molecule has 5 heteroatoms. The lowest BCUT2D eigenvalue weighted by Gasteiger charge is -2.30. The van der Waals surface area contributed by atoms with Gasteiger partial charge in [0.1, 0.15) is 0 Å². The van der Waals surface area contributed by atoms with Crippen LogP contribution in [-0.4, -0.2) is 98.5 Å². The minimum atomic E-state index is 0.657. The second-order valence-electron chi connectivity index (χ2n) is 7.40. The first-order valence-corrected chi connectivity index (χ1v) is 8.46. The van der Waals surface area contributed by atoms with E-state index >= 15 is 0 Å². The van der Waals surface area contributed by atoms with E-state index in [1.807, 2.05) is 0 Å². The van der Waals surface area contributed by atoms with Gasteiger partial charge in [-0.2, -0.15) is 0 Å². The predicted molar refractivity (Wildman–Crippen MR) is 85.2 cm³/mol. The standard InChI is InChI=1S/C9H18N2.C7H14N2O/c1-10-7-11(2)9-6-4-3-5-8(9)10;1-8-5-9(2)7-4-10-3-6(7)8/h8-9H,3-7H2,1-2H3;6-7H,3-5H2,1-2H3. The molecule has 5 nitrogen and oxygen atoms in total. The Kier molecular flexibility index (Phi) is 4.86. The largest absolute Gasteiger partial charge is 0.378 e. The van der Waals surface area contributed by atoms with Crippen LogP contribution in [0.2, 0.25) is 0 Å². The first kappa shape index (κ1) is 15.7. The molecular weight excluding hydrogens is 264 g/mol. The van der Waals surface area contributed by atoms with Gasteiger partial charge >= 0.3 is 0 Å². The van der Waals surface area contributed by atoms with Gasteiger partial charge in [-0.25, -0.2) is 0 Å². The number of hydrogen-bond donors (Lipinski definition) is 0. The van der Waals surface area contributed by atoms with Gasteiger partial charge in [-0.3, -0.25) is 19.6 Å². The average molecular weight is 296 g/mol. The molecule has 21 heavy (non-hydrogen) atoms. The number of rotatable bonds is 0. The van der Waals surface area contributed by atoms with Crippen molar-refractivity contribution in [3.05, 3.63) is 0 Å². The molecular formula is C16H32N4O. The minimum absolute atomic E-state index is 0.657. The third-order valence-electron chi connectivity index (χ3n) is 5.87. The van der Waals surface area contributed by atoms with Crippen LogP contribution in [0.3, 0.4) is 0 Å². The van der Waals surface area contributed by atoms with Gasteiger partial charge in [0.2, 0.25) is 0 Å². The summed E-state index contributed by atoms with van der Waals surface area (Å²) >= 11 is 0. The number of ether oxygens (including phenoxy) is 1. The number of fused-ring (bicyclic) bond motifs is 2. The van der Waals surface area contributed by atoms with Crippen LogP contribution in [0.1, 0.15) is 25.7 Å². The maximum atomic E-state index is 5.37. The highest BCUT2D eigenvalue weighted by Gasteiger charge is 2.40. The van der Waals surface area contributed by atoms with Crippen LogP contribution < -0.4 is 0 Å². The molecule has 0 aromatic heterocycles. The van der Waals surface area contributed by atoms with Crippen LogP contribution in [0.5, 0.6) is 0 Å². The van der Waals surface area contributed by atoms with Crippen molar-refractivity contribution in [3.8, 4) is 0 Å². The maximum Gasteiger partial charge on any atom is 0.0639 e. The second kappa shape index (κ2) is 6.50. The molecule has 0 amide bonds.